The van der Waals surface area contributed by atoms with Gasteiger partial charge in [-0.1, -0.05) is 6.07 Å². The van der Waals surface area contributed by atoms with Crippen molar-refractivity contribution in [2.45, 2.75) is 12.8 Å². The number of aromatic nitrogens is 1. The first kappa shape index (κ1) is 12.0. The summed E-state index contributed by atoms with van der Waals surface area (Å²) in [5, 5.41) is 0. The van der Waals surface area contributed by atoms with Gasteiger partial charge in [-0.15, -0.1) is 0 Å². The fraction of sp³-hybridized carbons (Fsp3) is 0.538. The maximum atomic E-state index is 12.0. The highest BCUT2D eigenvalue weighted by atomic mass is 16.2. The molecular formula is C13H19N3O. The Labute approximate surface area is 102 Å². The predicted molar refractivity (Wildman–Crippen MR) is 66.6 cm³/mol. The van der Waals surface area contributed by atoms with Crippen LogP contribution >= 0.6 is 0 Å². The van der Waals surface area contributed by atoms with Crippen LogP contribution in [0.2, 0.25) is 0 Å². The third-order valence-corrected chi connectivity index (χ3v) is 3.18. The fourth-order valence-corrected chi connectivity index (χ4v) is 1.99. The highest BCUT2D eigenvalue weighted by molar-refractivity contribution is 5.76. The van der Waals surface area contributed by atoms with Crippen molar-refractivity contribution in [3.8, 4) is 0 Å². The van der Waals surface area contributed by atoms with Crippen LogP contribution in [0.25, 0.3) is 0 Å². The van der Waals surface area contributed by atoms with Crippen LogP contribution in [0.3, 0.4) is 0 Å². The molecule has 4 heteroatoms. The molecule has 2 rings (SSSR count). The van der Waals surface area contributed by atoms with Gasteiger partial charge in [-0.3, -0.25) is 9.78 Å². The van der Waals surface area contributed by atoms with Gasteiger partial charge in [0.1, 0.15) is 0 Å². The molecule has 2 heterocycles. The zero-order valence-corrected chi connectivity index (χ0v) is 10.3. The molecule has 1 fully saturated rings. The zero-order valence-electron chi connectivity index (χ0n) is 10.3. The van der Waals surface area contributed by atoms with Crippen molar-refractivity contribution in [3.63, 3.8) is 0 Å². The molecule has 0 N–H and O–H groups in total. The van der Waals surface area contributed by atoms with Gasteiger partial charge >= 0.3 is 0 Å². The van der Waals surface area contributed by atoms with Crippen molar-refractivity contribution < 1.29 is 4.79 Å². The summed E-state index contributed by atoms with van der Waals surface area (Å²) in [5.74, 6) is 0.253. The SMILES string of the molecule is CN1CCN(C(=O)CCc2ccccn2)CC1. The molecule has 1 aromatic rings. The van der Waals surface area contributed by atoms with Gasteiger partial charge in [-0.2, -0.15) is 0 Å². The zero-order chi connectivity index (χ0) is 12.1. The summed E-state index contributed by atoms with van der Waals surface area (Å²) in [5.41, 5.74) is 0.995. The molecule has 1 aliphatic rings. The fourth-order valence-electron chi connectivity index (χ4n) is 1.99. The van der Waals surface area contributed by atoms with Gasteiger partial charge in [0.2, 0.25) is 5.91 Å². The second-order valence-corrected chi connectivity index (χ2v) is 4.51. The molecule has 0 atom stereocenters. The van der Waals surface area contributed by atoms with Crippen molar-refractivity contribution in [3.05, 3.63) is 30.1 Å². The Morgan fingerprint density at radius 1 is 1.29 bits per heavy atom. The number of piperazine rings is 1. The average Bonchev–Trinajstić information content (AvgIpc) is 2.38. The summed E-state index contributed by atoms with van der Waals surface area (Å²) in [6.45, 7) is 3.68. The van der Waals surface area contributed by atoms with E-state index in [1.807, 2.05) is 23.1 Å². The standard InChI is InChI=1S/C13H19N3O/c1-15-8-10-16(11-9-15)13(17)6-5-12-4-2-3-7-14-12/h2-4,7H,5-6,8-11H2,1H3. The van der Waals surface area contributed by atoms with E-state index in [9.17, 15) is 4.79 Å². The van der Waals surface area contributed by atoms with Gasteiger partial charge in [-0.25, -0.2) is 0 Å². The normalized spacial score (nSPS) is 17.1. The number of hydrogen-bond donors (Lipinski definition) is 0. The van der Waals surface area contributed by atoms with Crippen molar-refractivity contribution in [1.82, 2.24) is 14.8 Å². The highest BCUT2D eigenvalue weighted by Crippen LogP contribution is 2.05. The molecule has 1 aromatic heterocycles. The van der Waals surface area contributed by atoms with Gasteiger partial charge in [0, 0.05) is 44.5 Å². The lowest BCUT2D eigenvalue weighted by molar-refractivity contribution is -0.132. The van der Waals surface area contributed by atoms with Crippen molar-refractivity contribution in [2.24, 2.45) is 0 Å². The van der Waals surface area contributed by atoms with E-state index in [0.29, 0.717) is 6.42 Å². The van der Waals surface area contributed by atoms with E-state index >= 15 is 0 Å². The van der Waals surface area contributed by atoms with E-state index in [0.717, 1.165) is 38.3 Å². The molecule has 4 nitrogen and oxygen atoms in total. The van der Waals surface area contributed by atoms with Crippen LogP contribution in [0.4, 0.5) is 0 Å². The molecule has 1 amide bonds. The highest BCUT2D eigenvalue weighted by Gasteiger charge is 2.18. The van der Waals surface area contributed by atoms with E-state index < -0.39 is 0 Å². The number of aryl methyl sites for hydroxylation is 1. The second kappa shape index (κ2) is 5.77. The van der Waals surface area contributed by atoms with Gasteiger partial charge < -0.3 is 9.80 Å². The molecule has 0 spiro atoms. The van der Waals surface area contributed by atoms with Gasteiger partial charge in [0.05, 0.1) is 0 Å². The van der Waals surface area contributed by atoms with Gasteiger partial charge in [-0.05, 0) is 25.6 Å². The molecule has 1 saturated heterocycles. The topological polar surface area (TPSA) is 36.4 Å². The Morgan fingerprint density at radius 3 is 2.71 bits per heavy atom. The molecule has 0 bridgehead atoms. The van der Waals surface area contributed by atoms with Crippen molar-refractivity contribution >= 4 is 5.91 Å². The molecule has 0 aliphatic carbocycles. The monoisotopic (exact) mass is 233 g/mol. The number of carbonyl (C=O) groups is 1. The Hall–Kier alpha value is -1.42. The van der Waals surface area contributed by atoms with Gasteiger partial charge in [0.25, 0.3) is 0 Å². The van der Waals surface area contributed by atoms with Gasteiger partial charge in [0.15, 0.2) is 0 Å². The Kier molecular flexibility index (Phi) is 4.09. The average molecular weight is 233 g/mol. The van der Waals surface area contributed by atoms with E-state index in [1.165, 1.54) is 0 Å². The molecule has 17 heavy (non-hydrogen) atoms. The molecule has 0 saturated carbocycles. The molecular weight excluding hydrogens is 214 g/mol. The third-order valence-electron chi connectivity index (χ3n) is 3.18. The first-order valence-electron chi connectivity index (χ1n) is 6.12. The van der Waals surface area contributed by atoms with E-state index in [1.54, 1.807) is 6.20 Å². The lowest BCUT2D eigenvalue weighted by Crippen LogP contribution is -2.47. The van der Waals surface area contributed by atoms with Crippen LogP contribution in [0, 0.1) is 0 Å². The van der Waals surface area contributed by atoms with Crippen LogP contribution in [0.5, 0.6) is 0 Å². The number of likely N-dealkylation sites (N-methyl/N-ethyl adjacent to an activating group) is 1. The third kappa shape index (κ3) is 3.53. The maximum absolute atomic E-state index is 12.0. The molecule has 0 aromatic carbocycles. The first-order valence-corrected chi connectivity index (χ1v) is 6.12. The number of nitrogens with zero attached hydrogens (tertiary/aromatic N) is 3. The van der Waals surface area contributed by atoms with E-state index in [4.69, 9.17) is 0 Å². The minimum atomic E-state index is 0.253. The summed E-state index contributed by atoms with van der Waals surface area (Å²) in [7, 11) is 2.09. The smallest absolute Gasteiger partial charge is 0.223 e. The van der Waals surface area contributed by atoms with Crippen LogP contribution in [-0.4, -0.2) is 53.9 Å². The first-order chi connectivity index (χ1) is 8.25. The number of carbonyl (C=O) groups excluding carboxylic acids is 1. The largest absolute Gasteiger partial charge is 0.340 e. The lowest BCUT2D eigenvalue weighted by atomic mass is 10.2. The summed E-state index contributed by atoms with van der Waals surface area (Å²) in [6, 6.07) is 5.83. The summed E-state index contributed by atoms with van der Waals surface area (Å²) in [6.07, 6.45) is 3.09. The van der Waals surface area contributed by atoms with Crippen LogP contribution in [0.15, 0.2) is 24.4 Å². The Bertz CT molecular complexity index is 358. The molecule has 0 unspecified atom stereocenters. The minimum absolute atomic E-state index is 0.253. The predicted octanol–water partition coefficient (Wildman–Crippen LogP) is 0.788. The molecule has 0 radical (unpaired) electrons. The van der Waals surface area contributed by atoms with E-state index in [-0.39, 0.29) is 5.91 Å². The van der Waals surface area contributed by atoms with Crippen LogP contribution in [-0.2, 0) is 11.2 Å². The second-order valence-electron chi connectivity index (χ2n) is 4.51. The van der Waals surface area contributed by atoms with Crippen molar-refractivity contribution in [2.75, 3.05) is 33.2 Å². The summed E-state index contributed by atoms with van der Waals surface area (Å²) in [4.78, 5) is 20.4. The molecule has 1 aliphatic heterocycles. The maximum Gasteiger partial charge on any atom is 0.223 e. The number of rotatable bonds is 3. The van der Waals surface area contributed by atoms with Crippen molar-refractivity contribution in [1.29, 1.82) is 0 Å². The quantitative estimate of drug-likeness (QED) is 0.774. The van der Waals surface area contributed by atoms with Crippen LogP contribution in [0.1, 0.15) is 12.1 Å². The minimum Gasteiger partial charge on any atom is -0.340 e. The number of amides is 1. The summed E-state index contributed by atoms with van der Waals surface area (Å²) >= 11 is 0. The molecule has 92 valence electrons. The Balaban J connectivity index is 1.78. The number of hydrogen-bond acceptors (Lipinski definition) is 3. The van der Waals surface area contributed by atoms with Crippen LogP contribution < -0.4 is 0 Å². The Morgan fingerprint density at radius 2 is 2.06 bits per heavy atom. The summed E-state index contributed by atoms with van der Waals surface area (Å²) < 4.78 is 0. The number of pyridine rings is 1. The lowest BCUT2D eigenvalue weighted by Gasteiger charge is -2.32. The van der Waals surface area contributed by atoms with E-state index in [2.05, 4.69) is 16.9 Å².